The zero-order valence-electron chi connectivity index (χ0n) is 10.1. The molecule has 4 atom stereocenters. The average molecular weight is 246 g/mol. The van der Waals surface area contributed by atoms with Crippen molar-refractivity contribution < 1.29 is 8.42 Å². The van der Waals surface area contributed by atoms with E-state index < -0.39 is 9.84 Å². The van der Waals surface area contributed by atoms with Gasteiger partial charge >= 0.3 is 0 Å². The maximum Gasteiger partial charge on any atom is 0.151 e. The third-order valence-electron chi connectivity index (χ3n) is 4.36. The molecule has 94 valence electrons. The van der Waals surface area contributed by atoms with E-state index in [0.29, 0.717) is 23.5 Å². The highest BCUT2D eigenvalue weighted by atomic mass is 32.2. The van der Waals surface area contributed by atoms with Crippen molar-refractivity contribution in [1.82, 2.24) is 4.90 Å². The second-order valence-electron chi connectivity index (χ2n) is 5.35. The van der Waals surface area contributed by atoms with E-state index in [1.165, 1.54) is 0 Å². The molecule has 0 radical (unpaired) electrons. The second-order valence-corrected chi connectivity index (χ2v) is 7.58. The molecule has 2 aliphatic rings. The molecule has 16 heavy (non-hydrogen) atoms. The summed E-state index contributed by atoms with van der Waals surface area (Å²) in [7, 11) is -2.77. The number of rotatable bonds is 1. The standard InChI is InChI=1S/C11H22N2O2S/c1-8-9(2)13(5-3-11(8)12)10-4-6-16(14,15)7-10/h8-11H,3-7,12H2,1-2H3. The molecule has 4 unspecified atom stereocenters. The number of nitrogens with zero attached hydrogens (tertiary/aromatic N) is 1. The molecule has 0 aromatic carbocycles. The smallest absolute Gasteiger partial charge is 0.151 e. The minimum atomic E-state index is -2.77. The van der Waals surface area contributed by atoms with Crippen molar-refractivity contribution in [2.24, 2.45) is 11.7 Å². The molecule has 0 aliphatic carbocycles. The normalized spacial score (nSPS) is 44.7. The van der Waals surface area contributed by atoms with E-state index in [1.54, 1.807) is 0 Å². The van der Waals surface area contributed by atoms with Crippen LogP contribution < -0.4 is 5.73 Å². The highest BCUT2D eigenvalue weighted by molar-refractivity contribution is 7.91. The van der Waals surface area contributed by atoms with Gasteiger partial charge in [-0.15, -0.1) is 0 Å². The summed E-state index contributed by atoms with van der Waals surface area (Å²) in [5, 5.41) is 0. The first-order chi connectivity index (χ1) is 7.41. The zero-order chi connectivity index (χ0) is 11.9. The van der Waals surface area contributed by atoms with Gasteiger partial charge in [-0.2, -0.15) is 0 Å². The Morgan fingerprint density at radius 2 is 1.94 bits per heavy atom. The third-order valence-corrected chi connectivity index (χ3v) is 6.11. The highest BCUT2D eigenvalue weighted by Crippen LogP contribution is 2.28. The molecule has 2 aliphatic heterocycles. The van der Waals surface area contributed by atoms with Gasteiger partial charge in [0.15, 0.2) is 9.84 Å². The van der Waals surface area contributed by atoms with Crippen molar-refractivity contribution in [1.29, 1.82) is 0 Å². The van der Waals surface area contributed by atoms with Crippen LogP contribution in [-0.2, 0) is 9.84 Å². The Balaban J connectivity index is 2.06. The third kappa shape index (κ3) is 2.26. The van der Waals surface area contributed by atoms with Crippen LogP contribution >= 0.6 is 0 Å². The van der Waals surface area contributed by atoms with Gasteiger partial charge in [0.2, 0.25) is 0 Å². The molecule has 0 spiro atoms. The van der Waals surface area contributed by atoms with E-state index in [1.807, 2.05) is 0 Å². The first kappa shape index (κ1) is 12.3. The molecule has 0 bridgehead atoms. The van der Waals surface area contributed by atoms with E-state index in [2.05, 4.69) is 18.7 Å². The minimum absolute atomic E-state index is 0.231. The Bertz CT molecular complexity index is 355. The van der Waals surface area contributed by atoms with Gasteiger partial charge in [0.1, 0.15) is 0 Å². The van der Waals surface area contributed by atoms with E-state index in [4.69, 9.17) is 5.73 Å². The lowest BCUT2D eigenvalue weighted by Crippen LogP contribution is -2.55. The lowest BCUT2D eigenvalue weighted by atomic mass is 9.86. The zero-order valence-corrected chi connectivity index (χ0v) is 10.9. The molecule has 2 rings (SSSR count). The molecule has 2 N–H and O–H groups in total. The van der Waals surface area contributed by atoms with Crippen LogP contribution in [0.15, 0.2) is 0 Å². The van der Waals surface area contributed by atoms with Crippen LogP contribution in [0.5, 0.6) is 0 Å². The fourth-order valence-corrected chi connectivity index (χ4v) is 4.72. The van der Waals surface area contributed by atoms with E-state index in [9.17, 15) is 8.42 Å². The molecule has 0 aromatic heterocycles. The number of likely N-dealkylation sites (tertiary alicyclic amines) is 1. The van der Waals surface area contributed by atoms with Crippen molar-refractivity contribution in [2.45, 2.75) is 44.8 Å². The topological polar surface area (TPSA) is 63.4 Å². The maximum absolute atomic E-state index is 11.5. The molecule has 2 saturated heterocycles. The molecular weight excluding hydrogens is 224 g/mol. The van der Waals surface area contributed by atoms with Gasteiger partial charge in [-0.25, -0.2) is 8.42 Å². The van der Waals surface area contributed by atoms with Crippen molar-refractivity contribution in [3.05, 3.63) is 0 Å². The van der Waals surface area contributed by atoms with Crippen LogP contribution in [0.2, 0.25) is 0 Å². The maximum atomic E-state index is 11.5. The van der Waals surface area contributed by atoms with Gasteiger partial charge in [0, 0.05) is 24.7 Å². The monoisotopic (exact) mass is 246 g/mol. The Kier molecular flexibility index (Phi) is 3.29. The molecular formula is C11H22N2O2S. The number of hydrogen-bond acceptors (Lipinski definition) is 4. The molecule has 0 saturated carbocycles. The summed E-state index contributed by atoms with van der Waals surface area (Å²) in [6.45, 7) is 5.30. The predicted molar refractivity (Wildman–Crippen MR) is 65.0 cm³/mol. The van der Waals surface area contributed by atoms with Gasteiger partial charge in [-0.1, -0.05) is 6.92 Å². The van der Waals surface area contributed by atoms with E-state index in [-0.39, 0.29) is 12.1 Å². The summed E-state index contributed by atoms with van der Waals surface area (Å²) in [5.74, 6) is 1.16. The van der Waals surface area contributed by atoms with Gasteiger partial charge in [0.25, 0.3) is 0 Å². The largest absolute Gasteiger partial charge is 0.327 e. The number of sulfone groups is 1. The van der Waals surface area contributed by atoms with E-state index in [0.717, 1.165) is 19.4 Å². The van der Waals surface area contributed by atoms with Gasteiger partial charge in [-0.05, 0) is 25.7 Å². The van der Waals surface area contributed by atoms with Gasteiger partial charge in [-0.3, -0.25) is 4.90 Å². The Labute approximate surface area is 98.1 Å². The van der Waals surface area contributed by atoms with Crippen molar-refractivity contribution in [2.75, 3.05) is 18.1 Å². The van der Waals surface area contributed by atoms with Crippen LogP contribution in [0.25, 0.3) is 0 Å². The average Bonchev–Trinajstić information content (AvgIpc) is 2.55. The minimum Gasteiger partial charge on any atom is -0.327 e. The lowest BCUT2D eigenvalue weighted by Gasteiger charge is -2.44. The first-order valence-electron chi connectivity index (χ1n) is 6.12. The molecule has 2 heterocycles. The molecule has 0 aromatic rings. The fourth-order valence-electron chi connectivity index (χ4n) is 2.98. The molecule has 2 fully saturated rings. The van der Waals surface area contributed by atoms with Crippen LogP contribution in [0.4, 0.5) is 0 Å². The van der Waals surface area contributed by atoms with Crippen LogP contribution in [-0.4, -0.2) is 49.5 Å². The quantitative estimate of drug-likeness (QED) is 0.719. The lowest BCUT2D eigenvalue weighted by molar-refractivity contribution is 0.0656. The van der Waals surface area contributed by atoms with Crippen LogP contribution in [0, 0.1) is 5.92 Å². The number of nitrogens with two attached hydrogens (primary N) is 1. The number of piperidine rings is 1. The van der Waals surface area contributed by atoms with Crippen molar-refractivity contribution >= 4 is 9.84 Å². The Morgan fingerprint density at radius 1 is 1.25 bits per heavy atom. The molecule has 0 amide bonds. The summed E-state index contributed by atoms with van der Waals surface area (Å²) in [4.78, 5) is 2.36. The first-order valence-corrected chi connectivity index (χ1v) is 7.94. The SMILES string of the molecule is CC1C(N)CCN(C2CCS(=O)(=O)C2)C1C. The molecule has 4 nitrogen and oxygen atoms in total. The summed E-state index contributed by atoms with van der Waals surface area (Å²) < 4.78 is 23.0. The van der Waals surface area contributed by atoms with Crippen molar-refractivity contribution in [3.8, 4) is 0 Å². The van der Waals surface area contributed by atoms with Gasteiger partial charge in [0.05, 0.1) is 11.5 Å². The summed E-state index contributed by atoms with van der Waals surface area (Å²) in [6, 6.07) is 0.904. The Morgan fingerprint density at radius 3 is 2.50 bits per heavy atom. The predicted octanol–water partition coefficient (Wildman–Crippen LogP) is 0.231. The molecule has 5 heteroatoms. The highest BCUT2D eigenvalue weighted by Gasteiger charge is 2.39. The van der Waals surface area contributed by atoms with Crippen LogP contribution in [0.3, 0.4) is 0 Å². The van der Waals surface area contributed by atoms with Crippen LogP contribution in [0.1, 0.15) is 26.7 Å². The summed E-state index contributed by atoms with van der Waals surface area (Å²) in [6.07, 6.45) is 1.79. The van der Waals surface area contributed by atoms with E-state index >= 15 is 0 Å². The Hall–Kier alpha value is -0.130. The summed E-state index contributed by atoms with van der Waals surface area (Å²) >= 11 is 0. The summed E-state index contributed by atoms with van der Waals surface area (Å²) in [5.41, 5.74) is 6.04. The van der Waals surface area contributed by atoms with Crippen molar-refractivity contribution in [3.63, 3.8) is 0 Å². The number of hydrogen-bond donors (Lipinski definition) is 1. The van der Waals surface area contributed by atoms with Gasteiger partial charge < -0.3 is 5.73 Å². The second kappa shape index (κ2) is 4.27. The fraction of sp³-hybridized carbons (Fsp3) is 1.00.